The second-order valence-electron chi connectivity index (χ2n) is 19.7. The largest absolute Gasteiger partial charge is 0.459 e. The third-order valence-corrected chi connectivity index (χ3v) is 13.9. The summed E-state index contributed by atoms with van der Waals surface area (Å²) in [5, 5.41) is 50.8. The maximum absolute atomic E-state index is 14.4. The molecule has 17 atom stereocenters. The summed E-state index contributed by atoms with van der Waals surface area (Å²) < 4.78 is 39.2. The average molecular weight is 832 g/mol. The Kier molecular flexibility index (Phi) is 18.5. The van der Waals surface area contributed by atoms with Crippen LogP contribution in [0.2, 0.25) is 0 Å². The molecular formula is C44H85N3O11. The van der Waals surface area contributed by atoms with E-state index in [1.165, 1.54) is 6.92 Å². The van der Waals surface area contributed by atoms with Crippen LogP contribution in [0.5, 0.6) is 0 Å². The molecule has 3 rings (SSSR count). The number of hydrogen-bond acceptors (Lipinski definition) is 14. The Morgan fingerprint density at radius 2 is 1.57 bits per heavy atom. The zero-order valence-corrected chi connectivity index (χ0v) is 39.0. The van der Waals surface area contributed by atoms with Crippen molar-refractivity contribution in [2.45, 2.75) is 206 Å². The number of likely N-dealkylation sites (N-methyl/N-ethyl adjacent to an activating group) is 2. The summed E-state index contributed by atoms with van der Waals surface area (Å²) in [5.74, 6) is -2.43. The molecule has 0 aromatic rings. The maximum atomic E-state index is 14.4. The van der Waals surface area contributed by atoms with Crippen LogP contribution in [-0.2, 0) is 33.2 Å². The highest BCUT2D eigenvalue weighted by Crippen LogP contribution is 2.45. The molecule has 5 N–H and O–H groups in total. The minimum absolute atomic E-state index is 0.0570. The Morgan fingerprint density at radius 3 is 2.14 bits per heavy atom. The fourth-order valence-corrected chi connectivity index (χ4v) is 9.97. The molecule has 0 bridgehead atoms. The first-order valence-electron chi connectivity index (χ1n) is 22.1. The summed E-state index contributed by atoms with van der Waals surface area (Å²) in [6.07, 6.45) is -3.76. The van der Waals surface area contributed by atoms with E-state index in [-0.39, 0.29) is 36.9 Å². The second-order valence-corrected chi connectivity index (χ2v) is 19.7. The number of nitrogens with one attached hydrogen (secondary N) is 1. The number of unbranched alkanes of at least 4 members (excludes halogenated alkanes) is 1. The quantitative estimate of drug-likeness (QED) is 0.179. The highest BCUT2D eigenvalue weighted by molar-refractivity contribution is 5.73. The first kappa shape index (κ1) is 51.3. The molecular weight excluding hydrogens is 746 g/mol. The van der Waals surface area contributed by atoms with Crippen LogP contribution in [0.25, 0.3) is 0 Å². The Bertz CT molecular complexity index is 1280. The van der Waals surface area contributed by atoms with Gasteiger partial charge in [0.15, 0.2) is 12.6 Å². The van der Waals surface area contributed by atoms with Crippen molar-refractivity contribution >= 4 is 5.97 Å². The Labute approximate surface area is 351 Å². The lowest BCUT2D eigenvalue weighted by molar-refractivity contribution is -0.337. The number of ether oxygens (including phenoxy) is 6. The number of carbonyl (C=O) groups excluding carboxylic acids is 1. The van der Waals surface area contributed by atoms with Crippen molar-refractivity contribution in [2.24, 2.45) is 23.2 Å². The summed E-state index contributed by atoms with van der Waals surface area (Å²) in [6.45, 7) is 24.6. The first-order chi connectivity index (χ1) is 26.8. The van der Waals surface area contributed by atoms with Gasteiger partial charge in [-0.15, -0.1) is 0 Å². The van der Waals surface area contributed by atoms with Gasteiger partial charge in [0.1, 0.15) is 29.0 Å². The number of hydrogen-bond donors (Lipinski definition) is 5. The molecule has 0 aromatic carbocycles. The molecule has 3 aliphatic heterocycles. The van der Waals surface area contributed by atoms with Crippen LogP contribution in [0.4, 0.5) is 0 Å². The van der Waals surface area contributed by atoms with Gasteiger partial charge in [0.25, 0.3) is 0 Å². The van der Waals surface area contributed by atoms with E-state index in [1.54, 1.807) is 14.0 Å². The molecule has 342 valence electrons. The molecule has 0 spiro atoms. The summed E-state index contributed by atoms with van der Waals surface area (Å²) in [6, 6.07) is -0.260. The molecule has 0 unspecified atom stereocenters. The lowest BCUT2D eigenvalue weighted by Crippen LogP contribution is -2.70. The highest BCUT2D eigenvalue weighted by atomic mass is 16.7. The molecule has 3 aliphatic rings. The smallest absolute Gasteiger partial charge is 0.311 e. The molecule has 0 radical (unpaired) electrons. The highest BCUT2D eigenvalue weighted by Gasteiger charge is 2.59. The van der Waals surface area contributed by atoms with Crippen LogP contribution in [-0.4, -0.2) is 168 Å². The van der Waals surface area contributed by atoms with E-state index in [0.29, 0.717) is 25.9 Å². The SMILES string of the molecule is CCCCN(C)C[C@@]1(O)[C@H](C)O[C@H](O[C@@H]2[C@H](C)[C@@H](O[C@@H]3O[C@H](C)C[C@H](N(C)C)[C@H]3O)C(C)(C)C[C@@H](C)NC[C@H](C)[C@@H](O)[C@](C)(O)[C@@H](CC)OC(=O)[C@@H]2C)C[C@]1(C)OC. The van der Waals surface area contributed by atoms with Crippen LogP contribution < -0.4 is 5.32 Å². The number of rotatable bonds is 12. The third kappa shape index (κ3) is 11.7. The molecule has 0 saturated carbocycles. The number of aliphatic hydroxyl groups excluding tert-OH is 2. The lowest BCUT2D eigenvalue weighted by Gasteiger charge is -2.54. The molecule has 0 amide bonds. The number of carbonyl (C=O) groups is 1. The predicted molar refractivity (Wildman–Crippen MR) is 224 cm³/mol. The van der Waals surface area contributed by atoms with Crippen LogP contribution in [0.3, 0.4) is 0 Å². The molecule has 3 fully saturated rings. The fourth-order valence-electron chi connectivity index (χ4n) is 9.97. The average Bonchev–Trinajstić information content (AvgIpc) is 3.14. The lowest BCUT2D eigenvalue weighted by atomic mass is 9.72. The minimum Gasteiger partial charge on any atom is -0.459 e. The molecule has 58 heavy (non-hydrogen) atoms. The Hall–Kier alpha value is -1.01. The van der Waals surface area contributed by atoms with Gasteiger partial charge in [-0.25, -0.2) is 0 Å². The van der Waals surface area contributed by atoms with Crippen molar-refractivity contribution < 1.29 is 53.6 Å². The number of aliphatic hydroxyl groups is 4. The van der Waals surface area contributed by atoms with Gasteiger partial charge in [0.05, 0.1) is 36.4 Å². The monoisotopic (exact) mass is 832 g/mol. The molecule has 0 aromatic heterocycles. The maximum Gasteiger partial charge on any atom is 0.311 e. The van der Waals surface area contributed by atoms with Crippen molar-refractivity contribution in [1.82, 2.24) is 15.1 Å². The molecule has 0 aliphatic carbocycles. The molecule has 14 nitrogen and oxygen atoms in total. The van der Waals surface area contributed by atoms with Crippen LogP contribution in [0.1, 0.15) is 122 Å². The van der Waals surface area contributed by atoms with Gasteiger partial charge in [-0.3, -0.25) is 4.79 Å². The van der Waals surface area contributed by atoms with Gasteiger partial charge >= 0.3 is 5.97 Å². The number of esters is 1. The second kappa shape index (κ2) is 20.9. The van der Waals surface area contributed by atoms with Crippen LogP contribution in [0.15, 0.2) is 0 Å². The van der Waals surface area contributed by atoms with Gasteiger partial charge in [-0.1, -0.05) is 48.0 Å². The molecule has 3 heterocycles. The van der Waals surface area contributed by atoms with E-state index in [1.807, 2.05) is 67.6 Å². The van der Waals surface area contributed by atoms with Gasteiger partial charge in [0, 0.05) is 44.6 Å². The van der Waals surface area contributed by atoms with Crippen molar-refractivity contribution in [3.8, 4) is 0 Å². The summed E-state index contributed by atoms with van der Waals surface area (Å²) in [7, 11) is 7.45. The molecule has 3 saturated heterocycles. The van der Waals surface area contributed by atoms with E-state index < -0.39 is 89.2 Å². The van der Waals surface area contributed by atoms with Gasteiger partial charge < -0.3 is 64.0 Å². The number of methoxy groups -OCH3 is 1. The number of nitrogens with zero attached hydrogens (tertiary/aromatic N) is 2. The van der Waals surface area contributed by atoms with Crippen LogP contribution in [0, 0.1) is 23.2 Å². The van der Waals surface area contributed by atoms with Crippen molar-refractivity contribution in [2.75, 3.05) is 47.9 Å². The van der Waals surface area contributed by atoms with Gasteiger partial charge in [-0.2, -0.15) is 0 Å². The van der Waals surface area contributed by atoms with Crippen molar-refractivity contribution in [1.29, 1.82) is 0 Å². The van der Waals surface area contributed by atoms with Gasteiger partial charge in [0.2, 0.25) is 0 Å². The normalized spacial score (nSPS) is 45.1. The van der Waals surface area contributed by atoms with E-state index in [2.05, 4.69) is 37.9 Å². The number of cyclic esters (lactones) is 1. The first-order valence-corrected chi connectivity index (χ1v) is 22.1. The van der Waals surface area contributed by atoms with E-state index >= 15 is 0 Å². The molecule has 14 heteroatoms. The standard InChI is InChI=1S/C44H85N3O11/c1-17-19-20-47(15)25-44(52)31(8)55-34(23-42(44,11)53-16)57-36-29(6)38(58-40-35(48)32(46(13)14)21-28(5)54-40)41(9,10)22-27(4)45-24-26(3)37(49)43(12,51)33(18-2)56-39(50)30(36)7/h26-38,40,45,48-49,51-52H,17-25H2,1-16H3/t26-,27+,28+,29-,30+,31-,32-,33+,34+,35+,36+,37+,38+,40-,42-,43+,44+/m0/s1. The predicted octanol–water partition coefficient (Wildman–Crippen LogP) is 3.94. The van der Waals surface area contributed by atoms with E-state index in [4.69, 9.17) is 28.4 Å². The minimum atomic E-state index is -1.74. The Morgan fingerprint density at radius 1 is 0.931 bits per heavy atom. The summed E-state index contributed by atoms with van der Waals surface area (Å²) >= 11 is 0. The van der Waals surface area contributed by atoms with E-state index in [9.17, 15) is 25.2 Å². The van der Waals surface area contributed by atoms with Crippen molar-refractivity contribution in [3.63, 3.8) is 0 Å². The Balaban J connectivity index is 2.16. The summed E-state index contributed by atoms with van der Waals surface area (Å²) in [4.78, 5) is 18.5. The zero-order chi connectivity index (χ0) is 44.1. The van der Waals surface area contributed by atoms with E-state index in [0.717, 1.165) is 19.4 Å². The van der Waals surface area contributed by atoms with Gasteiger partial charge in [-0.05, 0) is 106 Å². The fraction of sp³-hybridized carbons (Fsp3) is 0.977. The zero-order valence-electron chi connectivity index (χ0n) is 39.0. The summed E-state index contributed by atoms with van der Waals surface area (Å²) in [5.41, 5.74) is -4.81. The third-order valence-electron chi connectivity index (χ3n) is 13.9. The van der Waals surface area contributed by atoms with Crippen molar-refractivity contribution in [3.05, 3.63) is 0 Å². The topological polar surface area (TPSA) is 172 Å². The van der Waals surface area contributed by atoms with Crippen LogP contribution >= 0.6 is 0 Å².